The molecule has 0 aliphatic carbocycles. The number of para-hydroxylation sites is 1. The van der Waals surface area contributed by atoms with Crippen molar-refractivity contribution in [3.05, 3.63) is 29.8 Å². The quantitative estimate of drug-likeness (QED) is 0.843. The predicted octanol–water partition coefficient (Wildman–Crippen LogP) is 2.60. The molecule has 3 rings (SSSR count). The zero-order valence-electron chi connectivity index (χ0n) is 13.6. The summed E-state index contributed by atoms with van der Waals surface area (Å²) in [5.41, 5.74) is 0.879. The number of hydrogen-bond acceptors (Lipinski definition) is 3. The third-order valence-electron chi connectivity index (χ3n) is 4.90. The van der Waals surface area contributed by atoms with Crippen LogP contribution in [0.25, 0.3) is 0 Å². The molecular formula is C18H22N2O3. The number of hydrogen-bond donors (Lipinski definition) is 0. The zero-order chi connectivity index (χ0) is 16.6. The Labute approximate surface area is 136 Å². The van der Waals surface area contributed by atoms with E-state index in [1.54, 1.807) is 29.2 Å². The molecule has 0 saturated carbocycles. The molecule has 0 N–H and O–H groups in total. The fourth-order valence-electron chi connectivity index (χ4n) is 3.33. The minimum absolute atomic E-state index is 0.141. The maximum absolute atomic E-state index is 13.1. The molecule has 0 spiro atoms. The smallest absolute Gasteiger partial charge is 0.256 e. The molecular weight excluding hydrogens is 292 g/mol. The van der Waals surface area contributed by atoms with Gasteiger partial charge in [-0.1, -0.05) is 26.0 Å². The van der Waals surface area contributed by atoms with Gasteiger partial charge in [-0.15, -0.1) is 0 Å². The van der Waals surface area contributed by atoms with E-state index >= 15 is 0 Å². The highest BCUT2D eigenvalue weighted by Gasteiger charge is 2.43. The summed E-state index contributed by atoms with van der Waals surface area (Å²) in [6.45, 7) is 4.33. The van der Waals surface area contributed by atoms with E-state index in [2.05, 4.69) is 0 Å². The molecule has 0 unspecified atom stereocenters. The molecule has 0 bridgehead atoms. The molecule has 23 heavy (non-hydrogen) atoms. The molecule has 2 heterocycles. The van der Waals surface area contributed by atoms with Crippen LogP contribution >= 0.6 is 0 Å². The largest absolute Gasteiger partial charge is 0.327 e. The van der Waals surface area contributed by atoms with Gasteiger partial charge in [0.2, 0.25) is 5.91 Å². The van der Waals surface area contributed by atoms with E-state index in [0.717, 1.165) is 12.8 Å². The highest BCUT2D eigenvalue weighted by atomic mass is 16.2. The molecule has 2 aliphatic heterocycles. The van der Waals surface area contributed by atoms with Crippen molar-refractivity contribution in [3.63, 3.8) is 0 Å². The van der Waals surface area contributed by atoms with E-state index in [-0.39, 0.29) is 23.6 Å². The fourth-order valence-corrected chi connectivity index (χ4v) is 3.33. The summed E-state index contributed by atoms with van der Waals surface area (Å²) in [4.78, 5) is 41.6. The summed E-state index contributed by atoms with van der Waals surface area (Å²) in [6, 6.07) is 6.43. The highest BCUT2D eigenvalue weighted by molar-refractivity contribution is 6.22. The van der Waals surface area contributed by atoms with E-state index in [4.69, 9.17) is 0 Å². The second kappa shape index (κ2) is 6.14. The number of fused-ring (bicyclic) bond motifs is 2. The minimum Gasteiger partial charge on any atom is -0.327 e. The lowest BCUT2D eigenvalue weighted by Crippen LogP contribution is -2.52. The third-order valence-corrected chi connectivity index (χ3v) is 4.90. The van der Waals surface area contributed by atoms with Gasteiger partial charge in [-0.25, -0.2) is 4.90 Å². The Morgan fingerprint density at radius 2 is 2.00 bits per heavy atom. The average molecular weight is 314 g/mol. The average Bonchev–Trinajstić information content (AvgIpc) is 2.69. The van der Waals surface area contributed by atoms with Gasteiger partial charge in [0, 0.05) is 12.5 Å². The number of anilines is 1. The van der Waals surface area contributed by atoms with Crippen LogP contribution in [0.1, 0.15) is 49.9 Å². The van der Waals surface area contributed by atoms with Crippen LogP contribution in [0, 0.1) is 5.92 Å². The highest BCUT2D eigenvalue weighted by Crippen LogP contribution is 2.32. The number of carbonyl (C=O) groups excluding carboxylic acids is 3. The van der Waals surface area contributed by atoms with Crippen LogP contribution < -0.4 is 4.90 Å². The first-order valence-electron chi connectivity index (χ1n) is 8.34. The van der Waals surface area contributed by atoms with Gasteiger partial charge in [0.15, 0.2) is 0 Å². The SMILES string of the molecule is CC[C@@H](C)C(=O)N1C(=O)[C@H]2CCCCN2C(=O)c2ccccc21. The number of benzene rings is 1. The number of rotatable bonds is 2. The normalized spacial score (nSPS) is 22.3. The van der Waals surface area contributed by atoms with Crippen molar-refractivity contribution in [2.75, 3.05) is 11.4 Å². The molecule has 0 radical (unpaired) electrons. The lowest BCUT2D eigenvalue weighted by molar-refractivity contribution is -0.131. The number of carbonyl (C=O) groups is 3. The van der Waals surface area contributed by atoms with Gasteiger partial charge in [0.1, 0.15) is 6.04 Å². The van der Waals surface area contributed by atoms with Crippen molar-refractivity contribution in [3.8, 4) is 0 Å². The van der Waals surface area contributed by atoms with Crippen molar-refractivity contribution in [2.24, 2.45) is 5.92 Å². The Morgan fingerprint density at radius 1 is 1.26 bits per heavy atom. The summed E-state index contributed by atoms with van der Waals surface area (Å²) >= 11 is 0. The summed E-state index contributed by atoms with van der Waals surface area (Å²) in [6.07, 6.45) is 3.09. The van der Waals surface area contributed by atoms with E-state index in [1.165, 1.54) is 4.90 Å². The Morgan fingerprint density at radius 3 is 2.74 bits per heavy atom. The maximum Gasteiger partial charge on any atom is 0.256 e. The number of nitrogens with zero attached hydrogens (tertiary/aromatic N) is 2. The van der Waals surface area contributed by atoms with Crippen molar-refractivity contribution >= 4 is 23.4 Å². The Balaban J connectivity index is 2.13. The molecule has 1 aromatic rings. The first kappa shape index (κ1) is 15.7. The van der Waals surface area contributed by atoms with Gasteiger partial charge in [0.05, 0.1) is 11.3 Å². The van der Waals surface area contributed by atoms with Gasteiger partial charge in [-0.05, 0) is 37.8 Å². The third kappa shape index (κ3) is 2.54. The summed E-state index contributed by atoms with van der Waals surface area (Å²) in [5, 5.41) is 0. The predicted molar refractivity (Wildman–Crippen MR) is 87.1 cm³/mol. The second-order valence-electron chi connectivity index (χ2n) is 6.35. The summed E-state index contributed by atoms with van der Waals surface area (Å²) < 4.78 is 0. The molecule has 3 amide bonds. The maximum atomic E-state index is 13.1. The van der Waals surface area contributed by atoms with Crippen LogP contribution in [0.4, 0.5) is 5.69 Å². The summed E-state index contributed by atoms with van der Waals surface area (Å²) in [7, 11) is 0. The molecule has 2 atom stereocenters. The van der Waals surface area contributed by atoms with Crippen molar-refractivity contribution in [1.29, 1.82) is 0 Å². The van der Waals surface area contributed by atoms with Crippen LogP contribution in [0.5, 0.6) is 0 Å². The van der Waals surface area contributed by atoms with Crippen LogP contribution in [-0.4, -0.2) is 35.2 Å². The number of amides is 3. The molecule has 122 valence electrons. The monoisotopic (exact) mass is 314 g/mol. The topological polar surface area (TPSA) is 57.7 Å². The van der Waals surface area contributed by atoms with Crippen molar-refractivity contribution < 1.29 is 14.4 Å². The van der Waals surface area contributed by atoms with E-state index in [1.807, 2.05) is 13.8 Å². The first-order chi connectivity index (χ1) is 11.1. The summed E-state index contributed by atoms with van der Waals surface area (Å²) in [5.74, 6) is -0.867. The molecule has 2 aliphatic rings. The van der Waals surface area contributed by atoms with Crippen molar-refractivity contribution in [1.82, 2.24) is 4.90 Å². The fraction of sp³-hybridized carbons (Fsp3) is 0.500. The molecule has 5 heteroatoms. The van der Waals surface area contributed by atoms with Crippen LogP contribution in [0.3, 0.4) is 0 Å². The van der Waals surface area contributed by atoms with E-state index in [0.29, 0.717) is 30.6 Å². The molecule has 1 saturated heterocycles. The van der Waals surface area contributed by atoms with Gasteiger partial charge in [0.25, 0.3) is 11.8 Å². The van der Waals surface area contributed by atoms with Crippen LogP contribution in [0.15, 0.2) is 24.3 Å². The second-order valence-corrected chi connectivity index (χ2v) is 6.35. The lowest BCUT2D eigenvalue weighted by Gasteiger charge is -2.34. The standard InChI is InChI=1S/C18H22N2O3/c1-3-12(2)16(21)20-14-9-5-4-8-13(14)17(22)19-11-7-6-10-15(19)18(20)23/h4-5,8-9,12,15H,3,6-7,10-11H2,1-2H3/t12-,15-/m1/s1. The number of imide groups is 1. The first-order valence-corrected chi connectivity index (χ1v) is 8.34. The number of piperidine rings is 1. The Bertz CT molecular complexity index is 655. The Kier molecular flexibility index (Phi) is 4.20. The van der Waals surface area contributed by atoms with Crippen LogP contribution in [0.2, 0.25) is 0 Å². The van der Waals surface area contributed by atoms with E-state index in [9.17, 15) is 14.4 Å². The lowest BCUT2D eigenvalue weighted by atomic mass is 10.0. The van der Waals surface area contributed by atoms with Crippen LogP contribution in [-0.2, 0) is 9.59 Å². The Hall–Kier alpha value is -2.17. The van der Waals surface area contributed by atoms with Gasteiger partial charge in [-0.2, -0.15) is 0 Å². The zero-order valence-corrected chi connectivity index (χ0v) is 13.6. The van der Waals surface area contributed by atoms with Crippen molar-refractivity contribution in [2.45, 2.75) is 45.6 Å². The van der Waals surface area contributed by atoms with Gasteiger partial charge >= 0.3 is 0 Å². The molecule has 5 nitrogen and oxygen atoms in total. The molecule has 1 fully saturated rings. The molecule has 0 aromatic heterocycles. The molecule has 1 aromatic carbocycles. The van der Waals surface area contributed by atoms with Gasteiger partial charge in [-0.3, -0.25) is 14.4 Å². The van der Waals surface area contributed by atoms with Gasteiger partial charge < -0.3 is 4.90 Å². The minimum atomic E-state index is -0.517. The van der Waals surface area contributed by atoms with E-state index < -0.39 is 6.04 Å².